The van der Waals surface area contributed by atoms with Crippen LogP contribution >= 0.6 is 23.2 Å². The lowest BCUT2D eigenvalue weighted by molar-refractivity contribution is -0.180. The number of carbonyl (C=O) groups excluding carboxylic acids is 3. The first-order valence-electron chi connectivity index (χ1n) is 12.2. The van der Waals surface area contributed by atoms with Gasteiger partial charge in [0.1, 0.15) is 0 Å². The second kappa shape index (κ2) is 8.29. The molecule has 4 aliphatic rings. The van der Waals surface area contributed by atoms with Crippen LogP contribution in [0.15, 0.2) is 46.6 Å². The van der Waals surface area contributed by atoms with Gasteiger partial charge in [-0.3, -0.25) is 9.59 Å². The van der Waals surface area contributed by atoms with Gasteiger partial charge in [-0.15, -0.1) is 23.2 Å². The van der Waals surface area contributed by atoms with E-state index in [4.69, 9.17) is 32.4 Å². The van der Waals surface area contributed by atoms with Crippen LogP contribution in [0.4, 0.5) is 0 Å². The lowest BCUT2D eigenvalue weighted by Crippen LogP contribution is -2.70. The van der Waals surface area contributed by atoms with E-state index in [2.05, 4.69) is 0 Å². The van der Waals surface area contributed by atoms with Gasteiger partial charge in [0.05, 0.1) is 29.2 Å². The molecule has 0 bridgehead atoms. The zero-order valence-electron chi connectivity index (χ0n) is 20.4. The molecule has 4 aliphatic carbocycles. The minimum absolute atomic E-state index is 0.0357. The topological polar surface area (TPSA) is 114 Å². The number of rotatable bonds is 4. The van der Waals surface area contributed by atoms with Crippen LogP contribution in [0.5, 0.6) is 0 Å². The van der Waals surface area contributed by atoms with Gasteiger partial charge in [-0.2, -0.15) is 0 Å². The summed E-state index contributed by atoms with van der Waals surface area (Å²) in [7, 11) is 0. The first-order chi connectivity index (χ1) is 16.9. The minimum atomic E-state index is -1.62. The molecule has 3 saturated carbocycles. The molecule has 3 fully saturated rings. The van der Waals surface area contributed by atoms with E-state index in [1.165, 1.54) is 24.5 Å². The fourth-order valence-corrected chi connectivity index (χ4v) is 8.82. The summed E-state index contributed by atoms with van der Waals surface area (Å²) in [5.41, 5.74) is -3.14. The van der Waals surface area contributed by atoms with Crippen LogP contribution in [0.25, 0.3) is 0 Å². The number of fused-ring (bicyclic) bond motifs is 5. The van der Waals surface area contributed by atoms with E-state index >= 15 is 0 Å². The average Bonchev–Trinajstić information content (AvgIpc) is 3.44. The molecule has 9 heteroatoms. The minimum Gasteiger partial charge on any atom is -0.457 e. The van der Waals surface area contributed by atoms with Crippen molar-refractivity contribution in [2.45, 2.75) is 62.7 Å². The number of allylic oxidation sites excluding steroid dienone is 3. The zero-order chi connectivity index (χ0) is 26.3. The van der Waals surface area contributed by atoms with Gasteiger partial charge < -0.3 is 19.4 Å². The molecule has 2 unspecified atom stereocenters. The first kappa shape index (κ1) is 25.7. The van der Waals surface area contributed by atoms with Crippen molar-refractivity contribution >= 4 is 40.7 Å². The Bertz CT molecular complexity index is 1170. The monoisotopic (exact) mass is 536 g/mol. The molecule has 0 aliphatic heterocycles. The summed E-state index contributed by atoms with van der Waals surface area (Å²) < 4.78 is 11.3. The number of aliphatic hydroxyl groups is 2. The van der Waals surface area contributed by atoms with Gasteiger partial charge in [-0.05, 0) is 61.0 Å². The zero-order valence-corrected chi connectivity index (χ0v) is 21.9. The predicted octanol–water partition coefficient (Wildman–Crippen LogP) is 3.84. The molecule has 0 spiro atoms. The van der Waals surface area contributed by atoms with E-state index < -0.39 is 57.1 Å². The highest BCUT2D eigenvalue weighted by Crippen LogP contribution is 2.72. The number of ketones is 2. The maximum Gasteiger partial charge on any atom is 0.375 e. The Kier molecular flexibility index (Phi) is 5.92. The SMILES string of the molecule is C[C@@H]1CC2C3C[C@@H](O)C4=CC(=O)C=C[C@]4(C)[C@@]3(Cl)[C@@H](O)C[C@]2(C)[C@@]1(OC(=O)c1ccco1)C(=O)CCl. The van der Waals surface area contributed by atoms with Crippen LogP contribution in [0.1, 0.15) is 50.6 Å². The molecule has 1 aromatic heterocycles. The largest absolute Gasteiger partial charge is 0.457 e. The third-order valence-corrected chi connectivity index (χ3v) is 10.9. The molecule has 9 atom stereocenters. The van der Waals surface area contributed by atoms with Gasteiger partial charge in [0.25, 0.3) is 0 Å². The number of Topliss-reactive ketones (excluding diaryl/α,β-unsaturated/α-hetero) is 1. The summed E-state index contributed by atoms with van der Waals surface area (Å²) in [6, 6.07) is 3.02. The van der Waals surface area contributed by atoms with Gasteiger partial charge in [0.15, 0.2) is 17.2 Å². The Balaban J connectivity index is 1.64. The van der Waals surface area contributed by atoms with Crippen LogP contribution in [-0.4, -0.2) is 56.3 Å². The highest BCUT2D eigenvalue weighted by molar-refractivity contribution is 6.29. The molecular formula is C27H30Cl2O7. The van der Waals surface area contributed by atoms with Crippen molar-refractivity contribution in [2.75, 3.05) is 5.88 Å². The van der Waals surface area contributed by atoms with Gasteiger partial charge in [-0.1, -0.05) is 26.8 Å². The Labute approximate surface area is 219 Å². The molecule has 0 saturated heterocycles. The fourth-order valence-electron chi connectivity index (χ4n) is 8.13. The molecule has 2 N–H and O–H groups in total. The van der Waals surface area contributed by atoms with Gasteiger partial charge in [-0.25, -0.2) is 4.79 Å². The van der Waals surface area contributed by atoms with Crippen LogP contribution in [0.3, 0.4) is 0 Å². The molecule has 7 nitrogen and oxygen atoms in total. The number of carbonyl (C=O) groups is 3. The van der Waals surface area contributed by atoms with Crippen LogP contribution in [0.2, 0.25) is 0 Å². The number of esters is 1. The number of halogens is 2. The second-order valence-corrected chi connectivity index (χ2v) is 12.1. The molecule has 36 heavy (non-hydrogen) atoms. The van der Waals surface area contributed by atoms with E-state index in [1.807, 2.05) is 20.8 Å². The molecule has 1 heterocycles. The van der Waals surface area contributed by atoms with Crippen molar-refractivity contribution in [2.24, 2.45) is 28.6 Å². The number of furan rings is 1. The summed E-state index contributed by atoms with van der Waals surface area (Å²) in [5.74, 6) is -3.03. The van der Waals surface area contributed by atoms with Crippen LogP contribution in [0, 0.1) is 28.6 Å². The van der Waals surface area contributed by atoms with Gasteiger partial charge in [0, 0.05) is 16.7 Å². The van der Waals surface area contributed by atoms with Crippen LogP contribution in [-0.2, 0) is 14.3 Å². The Hall–Kier alpha value is -1.93. The van der Waals surface area contributed by atoms with Crippen LogP contribution < -0.4 is 0 Å². The highest BCUT2D eigenvalue weighted by Gasteiger charge is 2.77. The van der Waals surface area contributed by atoms with E-state index in [1.54, 1.807) is 12.1 Å². The van der Waals surface area contributed by atoms with Gasteiger partial charge in [0.2, 0.25) is 5.76 Å². The third-order valence-electron chi connectivity index (χ3n) is 9.72. The number of hydrogen-bond acceptors (Lipinski definition) is 7. The van der Waals surface area contributed by atoms with Crippen molar-refractivity contribution in [1.29, 1.82) is 0 Å². The Morgan fingerprint density at radius 3 is 2.58 bits per heavy atom. The van der Waals surface area contributed by atoms with E-state index in [0.717, 1.165) is 0 Å². The van der Waals surface area contributed by atoms with Crippen molar-refractivity contribution in [1.82, 2.24) is 0 Å². The molecular weight excluding hydrogens is 507 g/mol. The predicted molar refractivity (Wildman–Crippen MR) is 132 cm³/mol. The lowest BCUT2D eigenvalue weighted by atomic mass is 9.45. The standard InChI is InChI=1S/C27H30Cl2O7/c1-14-9-16-17-11-19(31)18-10-15(30)6-7-24(18,2)26(17,29)21(32)12-25(16,3)27(14,22(33)13-28)36-23(34)20-5-4-8-35-20/h4-8,10,14,16-17,19,21,31-32H,9,11-13H2,1-3H3/t14-,16?,17?,19-,21+,24+,25+,26+,27+/m1/s1. The molecule has 194 valence electrons. The lowest BCUT2D eigenvalue weighted by Gasteiger charge is -2.64. The molecule has 0 aromatic carbocycles. The Morgan fingerprint density at radius 1 is 1.22 bits per heavy atom. The Morgan fingerprint density at radius 2 is 1.94 bits per heavy atom. The fraction of sp³-hybridized carbons (Fsp3) is 0.593. The number of aliphatic hydroxyl groups excluding tert-OH is 2. The number of alkyl halides is 2. The van der Waals surface area contributed by atoms with E-state index in [0.29, 0.717) is 12.0 Å². The molecule has 0 radical (unpaired) electrons. The quantitative estimate of drug-likeness (QED) is 0.443. The molecule has 5 rings (SSSR count). The molecule has 1 aromatic rings. The highest BCUT2D eigenvalue weighted by atomic mass is 35.5. The maximum atomic E-state index is 13.6. The summed E-state index contributed by atoms with van der Waals surface area (Å²) in [6.07, 6.45) is 4.52. The summed E-state index contributed by atoms with van der Waals surface area (Å²) in [6.45, 7) is 5.53. The van der Waals surface area contributed by atoms with E-state index in [9.17, 15) is 24.6 Å². The average molecular weight is 537 g/mol. The van der Waals surface area contributed by atoms with Gasteiger partial charge >= 0.3 is 5.97 Å². The van der Waals surface area contributed by atoms with E-state index in [-0.39, 0.29) is 36.2 Å². The second-order valence-electron chi connectivity index (χ2n) is 11.2. The van der Waals surface area contributed by atoms with Crippen molar-refractivity contribution < 1.29 is 33.8 Å². The third kappa shape index (κ3) is 3.03. The first-order valence-corrected chi connectivity index (χ1v) is 13.1. The summed E-state index contributed by atoms with van der Waals surface area (Å²) in [4.78, 5) is 37.6. The maximum absolute atomic E-state index is 13.6. The smallest absolute Gasteiger partial charge is 0.375 e. The molecule has 0 amide bonds. The normalized spacial score (nSPS) is 45.4. The van der Waals surface area contributed by atoms with Crippen molar-refractivity contribution in [3.05, 3.63) is 48.0 Å². The summed E-state index contributed by atoms with van der Waals surface area (Å²) in [5, 5.41) is 22.9. The van der Waals surface area contributed by atoms with Crippen molar-refractivity contribution in [3.8, 4) is 0 Å². The number of hydrogen-bond donors (Lipinski definition) is 2. The van der Waals surface area contributed by atoms with Crippen molar-refractivity contribution in [3.63, 3.8) is 0 Å². The summed E-state index contributed by atoms with van der Waals surface area (Å²) >= 11 is 13.5. The number of ether oxygens (including phenoxy) is 1.